The SMILES string of the molecule is CCC/C(=C\c1cccc(O)c1)CC[C@H]1OB(O)C[C@H]2C1=C(CO[Si](c1ccccc1)(c1ccccc1)C(C)(C)C)C[C@H]1C(=O)N(c3ccc(Nc4ccccc4)cc3)C(=O)[C@H]12. The second-order valence-corrected chi connectivity index (χ2v) is 22.3. The minimum absolute atomic E-state index is 0.212. The summed E-state index contributed by atoms with van der Waals surface area (Å²) in [4.78, 5) is 30.9. The number of imide groups is 1. The molecule has 3 N–H and O–H groups in total. The third-order valence-electron chi connectivity index (χ3n) is 12.9. The number of phenols is 1. The fourth-order valence-electron chi connectivity index (χ4n) is 10.2. The van der Waals surface area contributed by atoms with Gasteiger partial charge in [-0.05, 0) is 119 Å². The van der Waals surface area contributed by atoms with E-state index in [-0.39, 0.29) is 35.5 Å². The molecule has 2 heterocycles. The van der Waals surface area contributed by atoms with Crippen molar-refractivity contribution >= 4 is 60.8 Å². The average Bonchev–Trinajstić information content (AvgIpc) is 3.52. The maximum atomic E-state index is 14.8. The summed E-state index contributed by atoms with van der Waals surface area (Å²) >= 11 is 0. The molecule has 8 rings (SSSR count). The standard InChI is InChI=1S/C52H57BN2O6Si/c1-5-16-36(31-37-17-15-20-42(56)32-37)25-30-47-48-38(35-60-62(52(2,3)4,43-21-11-7-12-22-43)44-23-13-8-14-24-44)33-45-49(46(48)34-53(59)61-47)51(58)55(50(45)57)41-28-26-40(27-29-41)54-39-18-9-6-10-19-39/h6-15,17-24,26-29,31-32,45-47,49,54,56,59H,5,16,25,30,33-35H2,1-4H3/b36-31+/t45-,46+,47-,49-/m1/s1. The molecule has 2 saturated heterocycles. The van der Waals surface area contributed by atoms with Gasteiger partial charge in [0.05, 0.1) is 30.2 Å². The number of hydrogen-bond acceptors (Lipinski definition) is 7. The smallest absolute Gasteiger partial charge is 0.455 e. The number of nitrogens with zero attached hydrogens (tertiary/aromatic N) is 1. The number of fused-ring (bicyclic) bond motifs is 3. The third kappa shape index (κ3) is 8.75. The van der Waals surface area contributed by atoms with Crippen LogP contribution in [0.15, 0.2) is 156 Å². The molecule has 0 bridgehead atoms. The second kappa shape index (κ2) is 18.4. The van der Waals surface area contributed by atoms with E-state index in [0.717, 1.165) is 51.3 Å². The van der Waals surface area contributed by atoms with Gasteiger partial charge in [0, 0.05) is 11.4 Å². The minimum Gasteiger partial charge on any atom is -0.508 e. The van der Waals surface area contributed by atoms with Crippen LogP contribution in [-0.4, -0.2) is 50.1 Å². The lowest BCUT2D eigenvalue weighted by molar-refractivity contribution is -0.122. The Morgan fingerprint density at radius 3 is 2.06 bits per heavy atom. The molecule has 5 aromatic carbocycles. The molecule has 0 spiro atoms. The summed E-state index contributed by atoms with van der Waals surface area (Å²) in [6.07, 6.45) is 5.29. The van der Waals surface area contributed by atoms with Crippen molar-refractivity contribution < 1.29 is 28.8 Å². The fourth-order valence-corrected chi connectivity index (χ4v) is 14.8. The van der Waals surface area contributed by atoms with Crippen LogP contribution in [0.2, 0.25) is 11.4 Å². The van der Waals surface area contributed by atoms with Gasteiger partial charge in [-0.25, -0.2) is 0 Å². The molecule has 10 heteroatoms. The summed E-state index contributed by atoms with van der Waals surface area (Å²) in [6, 6.07) is 45.6. The largest absolute Gasteiger partial charge is 0.508 e. The van der Waals surface area contributed by atoms with Crippen LogP contribution in [0.25, 0.3) is 6.08 Å². The minimum atomic E-state index is -3.01. The molecule has 3 aliphatic rings. The lowest BCUT2D eigenvalue weighted by atomic mass is 9.58. The Morgan fingerprint density at radius 1 is 0.823 bits per heavy atom. The number of carbonyl (C=O) groups is 2. The number of nitrogens with one attached hydrogen (secondary N) is 1. The molecule has 0 unspecified atom stereocenters. The van der Waals surface area contributed by atoms with Crippen molar-refractivity contribution in [3.8, 4) is 5.75 Å². The number of hydrogen-bond donors (Lipinski definition) is 3. The second-order valence-electron chi connectivity index (χ2n) is 18.0. The molecule has 2 fully saturated rings. The van der Waals surface area contributed by atoms with Crippen LogP contribution in [0.1, 0.15) is 65.4 Å². The lowest BCUT2D eigenvalue weighted by Crippen LogP contribution is -2.66. The summed E-state index contributed by atoms with van der Waals surface area (Å²) < 4.78 is 14.1. The molecule has 0 saturated carbocycles. The summed E-state index contributed by atoms with van der Waals surface area (Å²) in [5.74, 6) is -1.90. The first kappa shape index (κ1) is 43.1. The highest BCUT2D eigenvalue weighted by Crippen LogP contribution is 2.52. The number of phenolic OH excluding ortho intramolecular Hbond substituents is 1. The molecule has 0 aromatic heterocycles. The zero-order chi connectivity index (χ0) is 43.4. The molecule has 0 radical (unpaired) electrons. The summed E-state index contributed by atoms with van der Waals surface area (Å²) in [5.41, 5.74) is 6.43. The van der Waals surface area contributed by atoms with E-state index >= 15 is 0 Å². The van der Waals surface area contributed by atoms with Gasteiger partial charge in [0.2, 0.25) is 11.8 Å². The van der Waals surface area contributed by atoms with Crippen LogP contribution in [0.5, 0.6) is 5.75 Å². The van der Waals surface area contributed by atoms with Crippen LogP contribution < -0.4 is 20.6 Å². The van der Waals surface area contributed by atoms with Gasteiger partial charge < -0.3 is 24.5 Å². The van der Waals surface area contributed by atoms with Crippen molar-refractivity contribution in [2.24, 2.45) is 17.8 Å². The number of benzene rings is 5. The van der Waals surface area contributed by atoms with Crippen molar-refractivity contribution in [1.29, 1.82) is 0 Å². The Bertz CT molecular complexity index is 2380. The highest BCUT2D eigenvalue weighted by Gasteiger charge is 2.58. The van der Waals surface area contributed by atoms with Crippen LogP contribution in [0.4, 0.5) is 17.1 Å². The van der Waals surface area contributed by atoms with Gasteiger partial charge in [-0.1, -0.05) is 137 Å². The van der Waals surface area contributed by atoms with Crippen LogP contribution in [-0.2, 0) is 18.7 Å². The molecular formula is C52H57BN2O6Si. The van der Waals surface area contributed by atoms with Crippen molar-refractivity contribution in [3.05, 3.63) is 162 Å². The first-order valence-corrected chi connectivity index (χ1v) is 24.0. The number of aromatic hydroxyl groups is 1. The van der Waals surface area contributed by atoms with Gasteiger partial charge in [0.1, 0.15) is 5.75 Å². The van der Waals surface area contributed by atoms with Gasteiger partial charge in [-0.3, -0.25) is 14.5 Å². The van der Waals surface area contributed by atoms with Gasteiger partial charge in [-0.2, -0.15) is 0 Å². The van der Waals surface area contributed by atoms with E-state index in [1.54, 1.807) is 12.1 Å². The monoisotopic (exact) mass is 844 g/mol. The Hall–Kier alpha value is -5.52. The average molecular weight is 845 g/mol. The Labute approximate surface area is 367 Å². The van der Waals surface area contributed by atoms with E-state index in [4.69, 9.17) is 9.08 Å². The quantitative estimate of drug-likeness (QED) is 0.0581. The Morgan fingerprint density at radius 2 is 1.45 bits per heavy atom. The molecule has 8 nitrogen and oxygen atoms in total. The number of amides is 2. The van der Waals surface area contributed by atoms with Crippen molar-refractivity contribution in [2.75, 3.05) is 16.8 Å². The molecule has 62 heavy (non-hydrogen) atoms. The molecule has 4 atom stereocenters. The van der Waals surface area contributed by atoms with E-state index < -0.39 is 39.3 Å². The van der Waals surface area contributed by atoms with Gasteiger partial charge in [0.25, 0.3) is 8.32 Å². The number of anilines is 3. The summed E-state index contributed by atoms with van der Waals surface area (Å²) in [5, 5.41) is 27.1. The maximum absolute atomic E-state index is 14.8. The molecule has 1 aliphatic carbocycles. The first-order chi connectivity index (χ1) is 30.0. The normalized spacial score (nSPS) is 20.6. The topological polar surface area (TPSA) is 108 Å². The predicted octanol–water partition coefficient (Wildman–Crippen LogP) is 9.68. The van der Waals surface area contributed by atoms with Crippen molar-refractivity contribution in [1.82, 2.24) is 0 Å². The zero-order valence-electron chi connectivity index (χ0n) is 36.2. The molecular weight excluding hydrogens is 787 g/mol. The third-order valence-corrected chi connectivity index (χ3v) is 17.9. The highest BCUT2D eigenvalue weighted by atomic mass is 28.4. The molecule has 2 aliphatic heterocycles. The highest BCUT2D eigenvalue weighted by molar-refractivity contribution is 6.99. The van der Waals surface area contributed by atoms with Crippen molar-refractivity contribution in [2.45, 2.75) is 77.3 Å². The van der Waals surface area contributed by atoms with Crippen LogP contribution >= 0.6 is 0 Å². The van der Waals surface area contributed by atoms with E-state index in [1.165, 1.54) is 10.5 Å². The van der Waals surface area contributed by atoms with Gasteiger partial charge >= 0.3 is 7.12 Å². The van der Waals surface area contributed by atoms with Crippen LogP contribution in [0, 0.1) is 17.8 Å². The Balaban J connectivity index is 1.17. The molecule has 2 amide bonds. The summed E-state index contributed by atoms with van der Waals surface area (Å²) in [6.45, 7) is 9.18. The maximum Gasteiger partial charge on any atom is 0.455 e. The molecule has 318 valence electrons. The fraction of sp³-hybridized carbons (Fsp3) is 0.308. The van der Waals surface area contributed by atoms with Gasteiger partial charge in [-0.15, -0.1) is 0 Å². The first-order valence-electron chi connectivity index (χ1n) is 22.1. The number of carbonyl (C=O) groups excluding carboxylic acids is 2. The summed E-state index contributed by atoms with van der Waals surface area (Å²) in [7, 11) is -4.11. The lowest BCUT2D eigenvalue weighted by Gasteiger charge is -2.46. The predicted molar refractivity (Wildman–Crippen MR) is 252 cm³/mol. The van der Waals surface area contributed by atoms with Gasteiger partial charge in [0.15, 0.2) is 0 Å². The zero-order valence-corrected chi connectivity index (χ0v) is 37.2. The number of allylic oxidation sites excluding steroid dienone is 1. The van der Waals surface area contributed by atoms with E-state index in [2.05, 4.69) is 87.6 Å². The van der Waals surface area contributed by atoms with E-state index in [9.17, 15) is 19.7 Å². The number of para-hydroxylation sites is 1. The van der Waals surface area contributed by atoms with Crippen LogP contribution in [0.3, 0.4) is 0 Å². The number of rotatable bonds is 14. The van der Waals surface area contributed by atoms with E-state index in [1.807, 2.05) is 78.9 Å². The van der Waals surface area contributed by atoms with Crippen molar-refractivity contribution in [3.63, 3.8) is 0 Å². The molecule has 5 aromatic rings. The van der Waals surface area contributed by atoms with E-state index in [0.29, 0.717) is 24.9 Å². The Kier molecular flexibility index (Phi) is 12.8.